The standard InChI is InChI=1S/C21H21F4NO4S/c1-3-26(4-2)31(29,30)13-9-10-18-16(11-13)15(12-19(27)28)14-7-5-6-8-17(14)20(22,23)21(18,24)25/h5-11,15H,3-4,12H2,1-2H3,(H,27,28). The highest BCUT2D eigenvalue weighted by Gasteiger charge is 2.62. The topological polar surface area (TPSA) is 74.7 Å². The second kappa shape index (κ2) is 7.90. The van der Waals surface area contributed by atoms with Crippen LogP contribution in [-0.2, 0) is 26.7 Å². The molecular weight excluding hydrogens is 438 g/mol. The van der Waals surface area contributed by atoms with Crippen molar-refractivity contribution in [1.82, 2.24) is 4.31 Å². The van der Waals surface area contributed by atoms with E-state index in [0.717, 1.165) is 22.5 Å². The van der Waals surface area contributed by atoms with Gasteiger partial charge in [-0.25, -0.2) is 8.42 Å². The maximum absolute atomic E-state index is 15.1. The molecular formula is C21H21F4NO4S. The number of alkyl halides is 4. The van der Waals surface area contributed by atoms with Gasteiger partial charge in [0.2, 0.25) is 10.0 Å². The summed E-state index contributed by atoms with van der Waals surface area (Å²) in [5, 5.41) is 9.36. The van der Waals surface area contributed by atoms with Crippen molar-refractivity contribution < 1.29 is 35.9 Å². The molecule has 1 aliphatic carbocycles. The van der Waals surface area contributed by atoms with Crippen LogP contribution in [0.1, 0.15) is 48.4 Å². The number of rotatable bonds is 6. The highest BCUT2D eigenvalue weighted by molar-refractivity contribution is 7.89. The van der Waals surface area contributed by atoms with Gasteiger partial charge in [-0.2, -0.15) is 21.9 Å². The summed E-state index contributed by atoms with van der Waals surface area (Å²) >= 11 is 0. The fourth-order valence-corrected chi connectivity index (χ4v) is 5.47. The van der Waals surface area contributed by atoms with Crippen LogP contribution in [0.25, 0.3) is 0 Å². The number of fused-ring (bicyclic) bond motifs is 2. The van der Waals surface area contributed by atoms with Crippen molar-refractivity contribution in [2.45, 2.75) is 42.9 Å². The lowest BCUT2D eigenvalue weighted by atomic mass is 9.85. The van der Waals surface area contributed by atoms with Crippen molar-refractivity contribution in [2.24, 2.45) is 0 Å². The van der Waals surface area contributed by atoms with Crippen molar-refractivity contribution in [2.75, 3.05) is 13.1 Å². The third-order valence-electron chi connectivity index (χ3n) is 5.53. The molecule has 0 aromatic heterocycles. The zero-order valence-electron chi connectivity index (χ0n) is 16.8. The molecule has 0 spiro atoms. The number of hydrogen-bond acceptors (Lipinski definition) is 3. The van der Waals surface area contributed by atoms with Gasteiger partial charge in [-0.15, -0.1) is 0 Å². The third kappa shape index (κ3) is 3.61. The van der Waals surface area contributed by atoms with Crippen LogP contribution in [0, 0.1) is 0 Å². The highest BCUT2D eigenvalue weighted by Crippen LogP contribution is 2.56. The minimum atomic E-state index is -4.68. The van der Waals surface area contributed by atoms with Crippen molar-refractivity contribution >= 4 is 16.0 Å². The first-order valence-electron chi connectivity index (χ1n) is 9.60. The minimum absolute atomic E-state index is 0.117. The summed E-state index contributed by atoms with van der Waals surface area (Å²) in [5.41, 5.74) is -2.77. The molecule has 0 saturated heterocycles. The van der Waals surface area contributed by atoms with E-state index in [-0.39, 0.29) is 23.5 Å². The van der Waals surface area contributed by atoms with Gasteiger partial charge in [-0.1, -0.05) is 44.2 Å². The summed E-state index contributed by atoms with van der Waals surface area (Å²) in [6.45, 7) is 3.43. The minimum Gasteiger partial charge on any atom is -0.481 e. The van der Waals surface area contributed by atoms with E-state index in [4.69, 9.17) is 0 Å². The number of carbonyl (C=O) groups is 1. The lowest BCUT2D eigenvalue weighted by Crippen LogP contribution is -2.35. The Morgan fingerprint density at radius 1 is 0.968 bits per heavy atom. The molecule has 0 heterocycles. The quantitative estimate of drug-likeness (QED) is 0.645. The fourth-order valence-electron chi connectivity index (χ4n) is 3.98. The molecule has 0 fully saturated rings. The lowest BCUT2D eigenvalue weighted by Gasteiger charge is -2.27. The number of benzene rings is 2. The number of sulfonamides is 1. The molecule has 2 aromatic rings. The third-order valence-corrected chi connectivity index (χ3v) is 7.57. The van der Waals surface area contributed by atoms with Gasteiger partial charge in [0.15, 0.2) is 0 Å². The molecule has 1 N–H and O–H groups in total. The van der Waals surface area contributed by atoms with E-state index >= 15 is 8.78 Å². The SMILES string of the molecule is CCN(CC)S(=O)(=O)c1ccc2c(c1)C(CC(=O)O)c1ccccc1C(F)(F)C2(F)F. The number of halogens is 4. The van der Waals surface area contributed by atoms with Crippen LogP contribution in [0.4, 0.5) is 17.6 Å². The predicted octanol–water partition coefficient (Wildman–Crippen LogP) is 4.52. The molecule has 0 saturated carbocycles. The zero-order chi connectivity index (χ0) is 23.2. The smallest absolute Gasteiger partial charge is 0.340 e. The Kier molecular flexibility index (Phi) is 5.92. The molecule has 0 aliphatic heterocycles. The number of aliphatic carboxylic acids is 1. The first-order chi connectivity index (χ1) is 14.4. The summed E-state index contributed by atoms with van der Waals surface area (Å²) in [6.07, 6.45) is -0.759. The van der Waals surface area contributed by atoms with Gasteiger partial charge < -0.3 is 5.11 Å². The predicted molar refractivity (Wildman–Crippen MR) is 105 cm³/mol. The molecule has 2 aromatic carbocycles. The van der Waals surface area contributed by atoms with E-state index in [1.807, 2.05) is 0 Å². The normalized spacial score (nSPS) is 19.4. The average molecular weight is 459 g/mol. The van der Waals surface area contributed by atoms with Gasteiger partial charge in [0.05, 0.1) is 11.3 Å². The van der Waals surface area contributed by atoms with Gasteiger partial charge in [0, 0.05) is 30.1 Å². The molecule has 5 nitrogen and oxygen atoms in total. The number of hydrogen-bond donors (Lipinski definition) is 1. The summed E-state index contributed by atoms with van der Waals surface area (Å²) in [6, 6.07) is 6.98. The van der Waals surface area contributed by atoms with Crippen LogP contribution in [0.5, 0.6) is 0 Å². The first kappa shape index (κ1) is 23.2. The Labute approximate surface area is 177 Å². The maximum atomic E-state index is 15.1. The Morgan fingerprint density at radius 3 is 2.06 bits per heavy atom. The number of carboxylic acid groups (broad SMARTS) is 1. The fraction of sp³-hybridized carbons (Fsp3) is 0.381. The van der Waals surface area contributed by atoms with Crippen molar-refractivity contribution in [3.63, 3.8) is 0 Å². The summed E-state index contributed by atoms with van der Waals surface area (Å²) < 4.78 is 87.0. The second-order valence-electron chi connectivity index (χ2n) is 7.22. The van der Waals surface area contributed by atoms with E-state index in [2.05, 4.69) is 0 Å². The van der Waals surface area contributed by atoms with Crippen molar-refractivity contribution in [3.8, 4) is 0 Å². The first-order valence-corrected chi connectivity index (χ1v) is 11.0. The van der Waals surface area contributed by atoms with Crippen LogP contribution < -0.4 is 0 Å². The van der Waals surface area contributed by atoms with Crippen LogP contribution in [0.2, 0.25) is 0 Å². The van der Waals surface area contributed by atoms with Gasteiger partial charge in [-0.05, 0) is 23.3 Å². The highest BCUT2D eigenvalue weighted by atomic mass is 32.2. The number of carboxylic acids is 1. The molecule has 1 atom stereocenters. The second-order valence-corrected chi connectivity index (χ2v) is 9.16. The molecule has 0 bridgehead atoms. The monoisotopic (exact) mass is 459 g/mol. The van der Waals surface area contributed by atoms with E-state index in [1.165, 1.54) is 18.2 Å². The Morgan fingerprint density at radius 2 is 1.52 bits per heavy atom. The summed E-state index contributed by atoms with van der Waals surface area (Å²) in [5.74, 6) is -12.1. The summed E-state index contributed by atoms with van der Waals surface area (Å²) in [7, 11) is -4.09. The Bertz CT molecular complexity index is 1110. The van der Waals surface area contributed by atoms with E-state index in [0.29, 0.717) is 6.07 Å². The van der Waals surface area contributed by atoms with Crippen LogP contribution in [0.15, 0.2) is 47.4 Å². The Balaban J connectivity index is 2.37. The zero-order valence-corrected chi connectivity index (χ0v) is 17.6. The average Bonchev–Trinajstić information content (AvgIpc) is 2.76. The van der Waals surface area contributed by atoms with Crippen LogP contribution in [0.3, 0.4) is 0 Å². The molecule has 1 unspecified atom stereocenters. The van der Waals surface area contributed by atoms with Gasteiger partial charge in [0.1, 0.15) is 0 Å². The van der Waals surface area contributed by atoms with Gasteiger partial charge in [-0.3, -0.25) is 4.79 Å². The van der Waals surface area contributed by atoms with Crippen LogP contribution in [-0.4, -0.2) is 36.9 Å². The largest absolute Gasteiger partial charge is 0.481 e. The van der Waals surface area contributed by atoms with Gasteiger partial charge in [0.25, 0.3) is 0 Å². The molecule has 31 heavy (non-hydrogen) atoms. The Hall–Kier alpha value is -2.46. The maximum Gasteiger partial charge on any atom is 0.340 e. The summed E-state index contributed by atoms with van der Waals surface area (Å²) in [4.78, 5) is 11.1. The van der Waals surface area contributed by atoms with Crippen molar-refractivity contribution in [1.29, 1.82) is 0 Å². The van der Waals surface area contributed by atoms with Crippen LogP contribution >= 0.6 is 0 Å². The molecule has 10 heteroatoms. The molecule has 3 rings (SSSR count). The molecule has 1 aliphatic rings. The molecule has 0 amide bonds. The van der Waals surface area contributed by atoms with E-state index < -0.39 is 56.9 Å². The lowest BCUT2D eigenvalue weighted by molar-refractivity contribution is -0.223. The van der Waals surface area contributed by atoms with E-state index in [9.17, 15) is 27.1 Å². The molecule has 0 radical (unpaired) electrons. The van der Waals surface area contributed by atoms with E-state index in [1.54, 1.807) is 13.8 Å². The van der Waals surface area contributed by atoms with Gasteiger partial charge >= 0.3 is 17.8 Å². The molecule has 168 valence electrons. The number of nitrogens with zero attached hydrogens (tertiary/aromatic N) is 1. The van der Waals surface area contributed by atoms with Crippen molar-refractivity contribution in [3.05, 3.63) is 64.7 Å².